The molecule has 16 heavy (non-hydrogen) atoms. The summed E-state index contributed by atoms with van der Waals surface area (Å²) in [5.74, 6) is 0. The molecule has 0 radical (unpaired) electrons. The number of aryl methyl sites for hydroxylation is 1. The van der Waals surface area contributed by atoms with Crippen LogP contribution in [-0.2, 0) is 0 Å². The van der Waals surface area contributed by atoms with Gasteiger partial charge in [-0.15, -0.1) is 0 Å². The molecule has 0 spiro atoms. The molecule has 0 unspecified atom stereocenters. The van der Waals surface area contributed by atoms with Crippen molar-refractivity contribution in [1.82, 2.24) is 0 Å². The third-order valence-electron chi connectivity index (χ3n) is 3.20. The number of rotatable bonds is 7. The van der Waals surface area contributed by atoms with Crippen LogP contribution >= 0.6 is 0 Å². The quantitative estimate of drug-likeness (QED) is 0.656. The summed E-state index contributed by atoms with van der Waals surface area (Å²) in [6.45, 7) is 7.72. The van der Waals surface area contributed by atoms with E-state index in [2.05, 4.69) is 44.3 Å². The Morgan fingerprint density at radius 3 is 2.50 bits per heavy atom. The molecule has 0 bridgehead atoms. The largest absolute Gasteiger partial charge is 0.385 e. The monoisotopic (exact) mass is 219 g/mol. The molecule has 1 heteroatoms. The second-order valence-electron chi connectivity index (χ2n) is 4.59. The number of hydrogen-bond acceptors (Lipinski definition) is 1. The lowest BCUT2D eigenvalue weighted by molar-refractivity contribution is 0.645. The van der Waals surface area contributed by atoms with Crippen LogP contribution in [0.25, 0.3) is 0 Å². The van der Waals surface area contributed by atoms with Gasteiger partial charge in [0.2, 0.25) is 0 Å². The summed E-state index contributed by atoms with van der Waals surface area (Å²) in [5.41, 5.74) is 4.06. The number of unbranched alkanes of at least 4 members (excludes halogenated alkanes) is 4. The van der Waals surface area contributed by atoms with Crippen LogP contribution in [0.3, 0.4) is 0 Å². The van der Waals surface area contributed by atoms with Crippen molar-refractivity contribution in [3.8, 4) is 0 Å². The fraction of sp³-hybridized carbons (Fsp3) is 0.600. The van der Waals surface area contributed by atoms with Crippen LogP contribution in [0, 0.1) is 13.8 Å². The van der Waals surface area contributed by atoms with Crippen LogP contribution in [0.4, 0.5) is 5.69 Å². The van der Waals surface area contributed by atoms with Gasteiger partial charge >= 0.3 is 0 Å². The van der Waals surface area contributed by atoms with Crippen LogP contribution in [0.2, 0.25) is 0 Å². The second-order valence-corrected chi connectivity index (χ2v) is 4.59. The third-order valence-corrected chi connectivity index (χ3v) is 3.20. The number of nitrogens with one attached hydrogen (secondary N) is 1. The molecule has 0 atom stereocenters. The highest BCUT2D eigenvalue weighted by Crippen LogP contribution is 2.17. The SMILES string of the molecule is CCCCCCCNc1cccc(C)c1C. The van der Waals surface area contributed by atoms with Crippen molar-refractivity contribution in [2.45, 2.75) is 52.9 Å². The number of anilines is 1. The van der Waals surface area contributed by atoms with Crippen LogP contribution in [0.15, 0.2) is 18.2 Å². The maximum Gasteiger partial charge on any atom is 0.0372 e. The zero-order valence-corrected chi connectivity index (χ0v) is 11.0. The van der Waals surface area contributed by atoms with Gasteiger partial charge < -0.3 is 5.32 Å². The topological polar surface area (TPSA) is 12.0 Å². The first-order valence-corrected chi connectivity index (χ1v) is 6.55. The minimum Gasteiger partial charge on any atom is -0.385 e. The van der Waals surface area contributed by atoms with Gasteiger partial charge in [-0.2, -0.15) is 0 Å². The van der Waals surface area contributed by atoms with Gasteiger partial charge in [-0.25, -0.2) is 0 Å². The summed E-state index contributed by atoms with van der Waals surface area (Å²) in [4.78, 5) is 0. The Labute approximate surface area is 100 Å². The fourth-order valence-electron chi connectivity index (χ4n) is 1.89. The molecule has 0 saturated heterocycles. The Hall–Kier alpha value is -0.980. The summed E-state index contributed by atoms with van der Waals surface area (Å²) in [6, 6.07) is 6.47. The molecule has 1 nitrogen and oxygen atoms in total. The molecule has 1 rings (SSSR count). The summed E-state index contributed by atoms with van der Waals surface area (Å²) < 4.78 is 0. The van der Waals surface area contributed by atoms with Gasteiger partial charge in [0.15, 0.2) is 0 Å². The zero-order valence-electron chi connectivity index (χ0n) is 11.0. The van der Waals surface area contributed by atoms with Gasteiger partial charge in [-0.3, -0.25) is 0 Å². The van der Waals surface area contributed by atoms with E-state index in [1.807, 2.05) is 0 Å². The van der Waals surface area contributed by atoms with E-state index in [4.69, 9.17) is 0 Å². The van der Waals surface area contributed by atoms with Gasteiger partial charge in [0, 0.05) is 12.2 Å². The van der Waals surface area contributed by atoms with E-state index in [1.54, 1.807) is 0 Å². The van der Waals surface area contributed by atoms with Crippen LogP contribution in [-0.4, -0.2) is 6.54 Å². The highest BCUT2D eigenvalue weighted by Gasteiger charge is 1.98. The molecule has 1 aromatic carbocycles. The Kier molecular flexibility index (Phi) is 5.99. The lowest BCUT2D eigenvalue weighted by Crippen LogP contribution is -2.03. The van der Waals surface area contributed by atoms with E-state index < -0.39 is 0 Å². The van der Waals surface area contributed by atoms with Crippen LogP contribution < -0.4 is 5.32 Å². The van der Waals surface area contributed by atoms with E-state index in [0.29, 0.717) is 0 Å². The van der Waals surface area contributed by atoms with E-state index in [0.717, 1.165) is 6.54 Å². The van der Waals surface area contributed by atoms with Crippen molar-refractivity contribution in [3.05, 3.63) is 29.3 Å². The van der Waals surface area contributed by atoms with Crippen LogP contribution in [0.5, 0.6) is 0 Å². The van der Waals surface area contributed by atoms with Gasteiger partial charge in [0.05, 0.1) is 0 Å². The minimum atomic E-state index is 1.11. The average Bonchev–Trinajstić information content (AvgIpc) is 2.29. The lowest BCUT2D eigenvalue weighted by atomic mass is 10.1. The van der Waals surface area contributed by atoms with Crippen molar-refractivity contribution in [2.24, 2.45) is 0 Å². The molecule has 1 aromatic rings. The lowest BCUT2D eigenvalue weighted by Gasteiger charge is -2.11. The number of benzene rings is 1. The average molecular weight is 219 g/mol. The molecular formula is C15H25N. The first-order valence-electron chi connectivity index (χ1n) is 6.55. The molecule has 0 aliphatic carbocycles. The number of hydrogen-bond donors (Lipinski definition) is 1. The summed E-state index contributed by atoms with van der Waals surface area (Å²) in [5, 5.41) is 3.53. The second kappa shape index (κ2) is 7.32. The van der Waals surface area contributed by atoms with Gasteiger partial charge in [-0.05, 0) is 37.5 Å². The zero-order chi connectivity index (χ0) is 11.8. The van der Waals surface area contributed by atoms with Gasteiger partial charge in [0.25, 0.3) is 0 Å². The molecule has 0 heterocycles. The molecule has 90 valence electrons. The molecule has 0 aliphatic heterocycles. The van der Waals surface area contributed by atoms with E-state index in [9.17, 15) is 0 Å². The Morgan fingerprint density at radius 2 is 1.75 bits per heavy atom. The molecular weight excluding hydrogens is 194 g/mol. The molecule has 0 fully saturated rings. The van der Waals surface area contributed by atoms with Crippen molar-refractivity contribution in [2.75, 3.05) is 11.9 Å². The molecule has 0 aromatic heterocycles. The standard InChI is InChI=1S/C15H25N/c1-4-5-6-7-8-12-16-15-11-9-10-13(2)14(15)3/h9-11,16H,4-8,12H2,1-3H3. The van der Waals surface area contributed by atoms with Crippen molar-refractivity contribution in [1.29, 1.82) is 0 Å². The Balaban J connectivity index is 2.24. The van der Waals surface area contributed by atoms with E-state index in [1.165, 1.54) is 48.9 Å². The molecule has 1 N–H and O–H groups in total. The summed E-state index contributed by atoms with van der Waals surface area (Å²) in [7, 11) is 0. The first kappa shape index (κ1) is 13.1. The molecule has 0 saturated carbocycles. The molecule has 0 amide bonds. The predicted molar refractivity (Wildman–Crippen MR) is 73.2 cm³/mol. The maximum absolute atomic E-state index is 3.53. The smallest absolute Gasteiger partial charge is 0.0372 e. The van der Waals surface area contributed by atoms with E-state index >= 15 is 0 Å². The van der Waals surface area contributed by atoms with Crippen molar-refractivity contribution >= 4 is 5.69 Å². The predicted octanol–water partition coefficient (Wildman–Crippen LogP) is 4.69. The van der Waals surface area contributed by atoms with Gasteiger partial charge in [0.1, 0.15) is 0 Å². The highest BCUT2D eigenvalue weighted by atomic mass is 14.9. The van der Waals surface area contributed by atoms with Gasteiger partial charge in [-0.1, -0.05) is 44.7 Å². The first-order chi connectivity index (χ1) is 7.75. The van der Waals surface area contributed by atoms with Crippen molar-refractivity contribution in [3.63, 3.8) is 0 Å². The van der Waals surface area contributed by atoms with Crippen LogP contribution in [0.1, 0.15) is 50.2 Å². The minimum absolute atomic E-state index is 1.11. The van der Waals surface area contributed by atoms with Crippen molar-refractivity contribution < 1.29 is 0 Å². The normalized spacial score (nSPS) is 10.4. The Morgan fingerprint density at radius 1 is 1.00 bits per heavy atom. The summed E-state index contributed by atoms with van der Waals surface area (Å²) in [6.07, 6.45) is 6.72. The van der Waals surface area contributed by atoms with E-state index in [-0.39, 0.29) is 0 Å². The third kappa shape index (κ3) is 4.26. The maximum atomic E-state index is 3.53. The summed E-state index contributed by atoms with van der Waals surface area (Å²) >= 11 is 0. The fourth-order valence-corrected chi connectivity index (χ4v) is 1.89. The Bertz CT molecular complexity index is 304. The molecule has 0 aliphatic rings. The highest BCUT2D eigenvalue weighted by molar-refractivity contribution is 5.53.